The number of aryl methyl sites for hydroxylation is 1. The number of hydrogen-bond donors (Lipinski definition) is 0. The zero-order chi connectivity index (χ0) is 15.1. The normalized spacial score (nSPS) is 35.5. The van der Waals surface area contributed by atoms with Crippen LogP contribution in [0, 0.1) is 22.7 Å². The topological polar surface area (TPSA) is 13.1 Å². The van der Waals surface area contributed by atoms with Crippen LogP contribution in [0.4, 0.5) is 0 Å². The molecule has 0 N–H and O–H groups in total. The minimum Gasteiger partial charge on any atom is -0.472 e. The summed E-state index contributed by atoms with van der Waals surface area (Å²) in [4.78, 5) is 0. The average Bonchev–Trinajstić information content (AvgIpc) is 2.90. The highest BCUT2D eigenvalue weighted by Crippen LogP contribution is 2.61. The molecule has 0 aromatic carbocycles. The molecule has 21 heavy (non-hydrogen) atoms. The molecule has 0 spiro atoms. The van der Waals surface area contributed by atoms with Crippen LogP contribution in [0.2, 0.25) is 0 Å². The van der Waals surface area contributed by atoms with Crippen molar-refractivity contribution in [3.8, 4) is 0 Å². The van der Waals surface area contributed by atoms with Gasteiger partial charge in [-0.1, -0.05) is 39.3 Å². The van der Waals surface area contributed by atoms with Crippen molar-refractivity contribution in [2.45, 2.75) is 65.7 Å². The van der Waals surface area contributed by atoms with E-state index < -0.39 is 0 Å². The lowest BCUT2D eigenvalue weighted by atomic mass is 9.47. The molecule has 1 aromatic heterocycles. The summed E-state index contributed by atoms with van der Waals surface area (Å²) in [5, 5.41) is 0. The number of fused-ring (bicyclic) bond motifs is 1. The maximum Gasteiger partial charge on any atom is 0.0934 e. The largest absolute Gasteiger partial charge is 0.472 e. The van der Waals surface area contributed by atoms with E-state index in [4.69, 9.17) is 4.42 Å². The van der Waals surface area contributed by atoms with Crippen molar-refractivity contribution in [3.63, 3.8) is 0 Å². The first-order valence-electron chi connectivity index (χ1n) is 8.62. The second kappa shape index (κ2) is 5.34. The van der Waals surface area contributed by atoms with Crippen LogP contribution in [0.1, 0.15) is 64.9 Å². The molecular weight excluding hydrogens is 256 g/mol. The summed E-state index contributed by atoms with van der Waals surface area (Å²) < 4.78 is 5.22. The fourth-order valence-electron chi connectivity index (χ4n) is 5.55. The summed E-state index contributed by atoms with van der Waals surface area (Å²) in [7, 11) is 0. The number of rotatable bonds is 3. The first-order valence-corrected chi connectivity index (χ1v) is 8.62. The van der Waals surface area contributed by atoms with Crippen molar-refractivity contribution in [1.29, 1.82) is 0 Å². The van der Waals surface area contributed by atoms with Crippen molar-refractivity contribution in [2.24, 2.45) is 22.7 Å². The lowest BCUT2D eigenvalue weighted by Crippen LogP contribution is -2.49. The lowest BCUT2D eigenvalue weighted by Gasteiger charge is -2.58. The van der Waals surface area contributed by atoms with E-state index in [1.54, 1.807) is 6.26 Å². The molecule has 0 bridgehead atoms. The summed E-state index contributed by atoms with van der Waals surface area (Å²) >= 11 is 0. The Morgan fingerprint density at radius 2 is 2.10 bits per heavy atom. The third-order valence-electron chi connectivity index (χ3n) is 6.62. The van der Waals surface area contributed by atoms with E-state index in [-0.39, 0.29) is 0 Å². The van der Waals surface area contributed by atoms with Crippen LogP contribution in [0.15, 0.2) is 35.2 Å². The van der Waals surface area contributed by atoms with Crippen LogP contribution in [-0.2, 0) is 6.42 Å². The lowest BCUT2D eigenvalue weighted by molar-refractivity contribution is -0.0539. The molecule has 2 aliphatic carbocycles. The van der Waals surface area contributed by atoms with Gasteiger partial charge in [-0.05, 0) is 72.8 Å². The van der Waals surface area contributed by atoms with Gasteiger partial charge in [-0.2, -0.15) is 0 Å². The van der Waals surface area contributed by atoms with Gasteiger partial charge in [0, 0.05) is 0 Å². The van der Waals surface area contributed by atoms with E-state index in [1.165, 1.54) is 49.7 Å². The maximum atomic E-state index is 5.22. The van der Waals surface area contributed by atoms with Gasteiger partial charge in [0.25, 0.3) is 0 Å². The Labute approximate surface area is 129 Å². The fraction of sp³-hybridized carbons (Fsp3) is 0.700. The van der Waals surface area contributed by atoms with Crippen LogP contribution in [-0.4, -0.2) is 0 Å². The molecule has 0 unspecified atom stereocenters. The molecular formula is C20H30O. The van der Waals surface area contributed by atoms with E-state index in [0.29, 0.717) is 16.7 Å². The zero-order valence-corrected chi connectivity index (χ0v) is 14.0. The molecule has 1 aromatic rings. The minimum absolute atomic E-state index is 0.459. The van der Waals surface area contributed by atoms with Crippen molar-refractivity contribution in [1.82, 2.24) is 0 Å². The van der Waals surface area contributed by atoms with E-state index in [2.05, 4.69) is 33.4 Å². The van der Waals surface area contributed by atoms with Crippen LogP contribution >= 0.6 is 0 Å². The summed E-state index contributed by atoms with van der Waals surface area (Å²) in [6.07, 6.45) is 12.8. The average molecular weight is 286 g/mol. The summed E-state index contributed by atoms with van der Waals surface area (Å²) in [6.45, 7) is 12.0. The third-order valence-corrected chi connectivity index (χ3v) is 6.62. The van der Waals surface area contributed by atoms with E-state index in [9.17, 15) is 0 Å². The molecule has 3 rings (SSSR count). The van der Waals surface area contributed by atoms with Crippen molar-refractivity contribution < 1.29 is 4.42 Å². The number of allylic oxidation sites excluding steroid dienone is 1. The van der Waals surface area contributed by atoms with Gasteiger partial charge in [0.2, 0.25) is 0 Å². The highest BCUT2D eigenvalue weighted by Gasteiger charge is 2.52. The number of furan rings is 1. The van der Waals surface area contributed by atoms with Gasteiger partial charge in [-0.25, -0.2) is 0 Å². The fourth-order valence-corrected chi connectivity index (χ4v) is 5.55. The van der Waals surface area contributed by atoms with Crippen molar-refractivity contribution in [2.75, 3.05) is 0 Å². The highest BCUT2D eigenvalue weighted by molar-refractivity contribution is 5.17. The van der Waals surface area contributed by atoms with Crippen LogP contribution < -0.4 is 0 Å². The monoisotopic (exact) mass is 286 g/mol. The van der Waals surface area contributed by atoms with Gasteiger partial charge < -0.3 is 4.42 Å². The number of hydrogen-bond acceptors (Lipinski definition) is 1. The molecule has 0 aliphatic heterocycles. The predicted molar refractivity (Wildman–Crippen MR) is 88.1 cm³/mol. The molecule has 116 valence electrons. The van der Waals surface area contributed by atoms with Gasteiger partial charge in [0.05, 0.1) is 12.5 Å². The van der Waals surface area contributed by atoms with Crippen LogP contribution in [0.3, 0.4) is 0 Å². The third kappa shape index (κ3) is 2.60. The zero-order valence-electron chi connectivity index (χ0n) is 14.0. The predicted octanol–water partition coefficient (Wildman–Crippen LogP) is 6.01. The summed E-state index contributed by atoms with van der Waals surface area (Å²) in [5.41, 5.74) is 3.81. The Morgan fingerprint density at radius 1 is 1.29 bits per heavy atom. The molecule has 1 nitrogen and oxygen atoms in total. The Morgan fingerprint density at radius 3 is 2.81 bits per heavy atom. The van der Waals surface area contributed by atoms with Gasteiger partial charge in [0.15, 0.2) is 0 Å². The van der Waals surface area contributed by atoms with Gasteiger partial charge in [0.1, 0.15) is 0 Å². The van der Waals surface area contributed by atoms with E-state index in [1.807, 2.05) is 6.26 Å². The quantitative estimate of drug-likeness (QED) is 0.620. The van der Waals surface area contributed by atoms with Crippen molar-refractivity contribution in [3.05, 3.63) is 36.3 Å². The van der Waals surface area contributed by atoms with Crippen molar-refractivity contribution >= 4 is 0 Å². The molecule has 0 saturated heterocycles. The van der Waals surface area contributed by atoms with Gasteiger partial charge in [-0.15, -0.1) is 0 Å². The first-order chi connectivity index (χ1) is 9.93. The first kappa shape index (κ1) is 14.9. The van der Waals surface area contributed by atoms with E-state index in [0.717, 1.165) is 12.3 Å². The van der Waals surface area contributed by atoms with E-state index >= 15 is 0 Å². The molecule has 2 saturated carbocycles. The highest BCUT2D eigenvalue weighted by atomic mass is 16.3. The second-order valence-corrected chi connectivity index (χ2v) is 8.32. The van der Waals surface area contributed by atoms with Gasteiger partial charge >= 0.3 is 0 Å². The molecule has 3 atom stereocenters. The Hall–Kier alpha value is -0.980. The molecule has 2 fully saturated rings. The Bertz CT molecular complexity index is 496. The second-order valence-electron chi connectivity index (χ2n) is 8.32. The molecule has 0 amide bonds. The van der Waals surface area contributed by atoms with Crippen LogP contribution in [0.25, 0.3) is 0 Å². The Balaban J connectivity index is 1.81. The molecule has 1 heterocycles. The standard InChI is InChI=1S/C20H30O/c1-15-6-9-18-19(2,3)11-5-12-20(18,4)17(15)8-7-16-10-13-21-14-16/h10,13-14,17-18H,1,5-9,11-12H2,2-4H3/t17-,18-,20+/m0/s1. The SMILES string of the molecule is C=C1CC[C@H]2C(C)(C)CCC[C@]2(C)[C@H]1CCc1ccoc1. The molecule has 0 radical (unpaired) electrons. The molecule has 2 aliphatic rings. The van der Waals surface area contributed by atoms with Gasteiger partial charge in [-0.3, -0.25) is 0 Å². The molecule has 1 heteroatoms. The Kier molecular flexibility index (Phi) is 3.80. The smallest absolute Gasteiger partial charge is 0.0934 e. The summed E-state index contributed by atoms with van der Waals surface area (Å²) in [5.74, 6) is 1.55. The summed E-state index contributed by atoms with van der Waals surface area (Å²) in [6, 6.07) is 2.11. The van der Waals surface area contributed by atoms with Crippen LogP contribution in [0.5, 0.6) is 0 Å². The maximum absolute atomic E-state index is 5.22. The minimum atomic E-state index is 0.459.